The van der Waals surface area contributed by atoms with Crippen molar-refractivity contribution in [2.75, 3.05) is 19.8 Å². The number of rotatable bonds is 11. The molecule has 1 saturated heterocycles. The van der Waals surface area contributed by atoms with Gasteiger partial charge in [-0.05, 0) is 31.0 Å². The molecule has 0 radical (unpaired) electrons. The molecule has 0 N–H and O–H groups in total. The number of ketones is 1. The second-order valence-corrected chi connectivity index (χ2v) is 19.2. The van der Waals surface area contributed by atoms with E-state index < -0.39 is 57.5 Å². The maximum atomic E-state index is 16.1. The van der Waals surface area contributed by atoms with Gasteiger partial charge in [0.1, 0.15) is 29.6 Å². The Labute approximate surface area is 233 Å². The van der Waals surface area contributed by atoms with E-state index in [2.05, 4.69) is 24.7 Å². The predicted molar refractivity (Wildman–Crippen MR) is 150 cm³/mol. The van der Waals surface area contributed by atoms with E-state index in [1.807, 2.05) is 0 Å². The zero-order valence-corrected chi connectivity index (χ0v) is 25.0. The van der Waals surface area contributed by atoms with Crippen LogP contribution in [-0.2, 0) is 31.8 Å². The van der Waals surface area contributed by atoms with Crippen LogP contribution in [0.15, 0.2) is 24.3 Å². The van der Waals surface area contributed by atoms with E-state index in [9.17, 15) is 13.2 Å². The molecule has 1 aliphatic heterocycles. The van der Waals surface area contributed by atoms with Crippen LogP contribution in [0.25, 0.3) is 22.0 Å². The number of hydrogen-bond acceptors (Lipinski definition) is 6. The third-order valence-corrected chi connectivity index (χ3v) is 11.0. The lowest BCUT2D eigenvalue weighted by Crippen LogP contribution is -2.30. The van der Waals surface area contributed by atoms with Crippen LogP contribution in [0.2, 0.25) is 25.7 Å². The maximum absolute atomic E-state index is 16.1. The second-order valence-electron chi connectivity index (χ2n) is 11.3. The van der Waals surface area contributed by atoms with Crippen molar-refractivity contribution in [1.82, 2.24) is 9.78 Å². The van der Waals surface area contributed by atoms with Gasteiger partial charge in [0.2, 0.25) is 0 Å². The molecule has 0 aliphatic carbocycles. The highest BCUT2D eigenvalue weighted by molar-refractivity contribution is 7.91. The first-order valence-corrected chi connectivity index (χ1v) is 18.8. The largest absolute Gasteiger partial charge is 0.381 e. The summed E-state index contributed by atoms with van der Waals surface area (Å²) in [5.74, 6) is -4.10. The molecule has 2 aromatic carbocycles. The van der Waals surface area contributed by atoms with Crippen LogP contribution in [0, 0.1) is 17.5 Å². The lowest BCUT2D eigenvalue weighted by Gasteiger charge is -2.22. The molecule has 12 heteroatoms. The molecule has 0 spiro atoms. The molecule has 0 unspecified atom stereocenters. The van der Waals surface area contributed by atoms with E-state index in [0.29, 0.717) is 32.7 Å². The van der Waals surface area contributed by atoms with E-state index in [1.54, 1.807) is 6.92 Å². The molecule has 0 bridgehead atoms. The van der Waals surface area contributed by atoms with E-state index in [4.69, 9.17) is 9.47 Å². The molecule has 3 aromatic rings. The predicted octanol–water partition coefficient (Wildman–Crippen LogP) is 6.12. The van der Waals surface area contributed by atoms with Crippen molar-refractivity contribution < 1.29 is 35.9 Å². The third-order valence-electron chi connectivity index (χ3n) is 7.12. The summed E-state index contributed by atoms with van der Waals surface area (Å²) in [5.41, 5.74) is -1.37. The van der Waals surface area contributed by atoms with Gasteiger partial charge in [-0.1, -0.05) is 38.7 Å². The van der Waals surface area contributed by atoms with Crippen molar-refractivity contribution in [2.24, 2.45) is 0 Å². The Morgan fingerprint density at radius 2 is 1.80 bits per heavy atom. The van der Waals surface area contributed by atoms with E-state index in [-0.39, 0.29) is 41.1 Å². The van der Waals surface area contributed by atoms with Gasteiger partial charge in [0.05, 0.1) is 16.6 Å². The number of ether oxygens (including phenoxy) is 2. The number of sulfone groups is 1. The minimum Gasteiger partial charge on any atom is -0.381 e. The fourth-order valence-electron chi connectivity index (χ4n) is 4.75. The first kappa shape index (κ1) is 30.4. The van der Waals surface area contributed by atoms with Crippen LogP contribution in [0.3, 0.4) is 0 Å². The molecule has 1 fully saturated rings. The van der Waals surface area contributed by atoms with Crippen LogP contribution in [0.4, 0.5) is 13.2 Å². The zero-order valence-electron chi connectivity index (χ0n) is 23.2. The standard InChI is InChI=1S/C28H35F3N2O5SSi/c1-5-23(34)27-21-8-7-20(26(31)28(21)33(32-27)17-38-14-15-40(2,3)4)24-22(29)9-6-18(25(24)30)16-39(35,36)19-10-12-37-13-11-19/h6-9,19H,5,10-17H2,1-4H3. The molecule has 4 rings (SSSR count). The van der Waals surface area contributed by atoms with Gasteiger partial charge in [0, 0.05) is 50.8 Å². The van der Waals surface area contributed by atoms with Gasteiger partial charge < -0.3 is 9.47 Å². The molecule has 40 heavy (non-hydrogen) atoms. The summed E-state index contributed by atoms with van der Waals surface area (Å²) in [6, 6.07) is 5.49. The fourth-order valence-corrected chi connectivity index (χ4v) is 7.31. The van der Waals surface area contributed by atoms with Gasteiger partial charge in [-0.2, -0.15) is 5.10 Å². The highest BCUT2D eigenvalue weighted by atomic mass is 32.2. The second kappa shape index (κ2) is 12.1. The van der Waals surface area contributed by atoms with Crippen LogP contribution < -0.4 is 0 Å². The van der Waals surface area contributed by atoms with E-state index >= 15 is 13.2 Å². The summed E-state index contributed by atoms with van der Waals surface area (Å²) < 4.78 is 85.0. The Morgan fingerprint density at radius 3 is 2.45 bits per heavy atom. The van der Waals surface area contributed by atoms with Gasteiger partial charge in [-0.25, -0.2) is 26.3 Å². The molecular formula is C28H35F3N2O5SSi. The van der Waals surface area contributed by atoms with Gasteiger partial charge >= 0.3 is 0 Å². The third kappa shape index (κ3) is 6.50. The van der Waals surface area contributed by atoms with Gasteiger partial charge in [-0.15, -0.1) is 0 Å². The fraction of sp³-hybridized carbons (Fsp3) is 0.500. The van der Waals surface area contributed by atoms with Gasteiger partial charge in [0.25, 0.3) is 0 Å². The average Bonchev–Trinajstić information content (AvgIpc) is 3.28. The van der Waals surface area contributed by atoms with E-state index in [1.165, 1.54) is 16.8 Å². The molecule has 1 aliphatic rings. The normalized spacial score (nSPS) is 15.2. The van der Waals surface area contributed by atoms with Crippen LogP contribution >= 0.6 is 0 Å². The number of fused-ring (bicyclic) bond motifs is 1. The summed E-state index contributed by atoms with van der Waals surface area (Å²) >= 11 is 0. The Hall–Kier alpha value is -2.54. The van der Waals surface area contributed by atoms with Crippen molar-refractivity contribution in [3.8, 4) is 11.1 Å². The summed E-state index contributed by atoms with van der Waals surface area (Å²) in [7, 11) is -5.15. The van der Waals surface area contributed by atoms with Crippen molar-refractivity contribution in [1.29, 1.82) is 0 Å². The van der Waals surface area contributed by atoms with Crippen molar-refractivity contribution in [3.63, 3.8) is 0 Å². The summed E-state index contributed by atoms with van der Waals surface area (Å²) in [6.07, 6.45) is 0.733. The smallest absolute Gasteiger partial charge is 0.183 e. The lowest BCUT2D eigenvalue weighted by atomic mass is 9.99. The zero-order chi connectivity index (χ0) is 29.2. The Morgan fingerprint density at radius 1 is 1.10 bits per heavy atom. The highest BCUT2D eigenvalue weighted by Gasteiger charge is 2.31. The molecule has 2 heterocycles. The molecule has 1 aromatic heterocycles. The molecule has 7 nitrogen and oxygen atoms in total. The monoisotopic (exact) mass is 596 g/mol. The summed E-state index contributed by atoms with van der Waals surface area (Å²) in [4.78, 5) is 12.6. The lowest BCUT2D eigenvalue weighted by molar-refractivity contribution is 0.0804. The number of aromatic nitrogens is 2. The molecule has 218 valence electrons. The highest BCUT2D eigenvalue weighted by Crippen LogP contribution is 2.36. The first-order chi connectivity index (χ1) is 18.8. The SMILES string of the molecule is CCC(=O)c1nn(COCC[Si](C)(C)C)c2c(F)c(-c3c(F)ccc(CS(=O)(=O)C4CCOCC4)c3F)ccc12. The number of carbonyl (C=O) groups excluding carboxylic acids is 1. The van der Waals surface area contributed by atoms with Crippen molar-refractivity contribution >= 4 is 34.6 Å². The number of hydrogen-bond donors (Lipinski definition) is 0. The van der Waals surface area contributed by atoms with Crippen molar-refractivity contribution in [3.05, 3.63) is 53.0 Å². The van der Waals surface area contributed by atoms with Crippen molar-refractivity contribution in [2.45, 2.75) is 69.6 Å². The van der Waals surface area contributed by atoms with Gasteiger partial charge in [0.15, 0.2) is 21.4 Å². The summed E-state index contributed by atoms with van der Waals surface area (Å²) in [5, 5.41) is 3.81. The topological polar surface area (TPSA) is 87.5 Å². The number of halogens is 3. The van der Waals surface area contributed by atoms with Crippen LogP contribution in [0.1, 0.15) is 42.2 Å². The average molecular weight is 597 g/mol. The number of nitrogens with zero attached hydrogens (tertiary/aromatic N) is 2. The van der Waals surface area contributed by atoms with E-state index in [0.717, 1.165) is 18.2 Å². The minimum absolute atomic E-state index is 0.0500. The van der Waals surface area contributed by atoms with Crippen LogP contribution in [0.5, 0.6) is 0 Å². The van der Waals surface area contributed by atoms with Gasteiger partial charge in [-0.3, -0.25) is 4.79 Å². The van der Waals surface area contributed by atoms with Crippen LogP contribution in [-0.4, -0.2) is 57.1 Å². The Kier molecular flexibility index (Phi) is 9.23. The Balaban J connectivity index is 1.76. The minimum atomic E-state index is -3.76. The Bertz CT molecular complexity index is 1510. The molecule has 0 saturated carbocycles. The number of benzene rings is 2. The number of carbonyl (C=O) groups is 1. The first-order valence-electron chi connectivity index (χ1n) is 13.4. The molecule has 0 atom stereocenters. The summed E-state index contributed by atoms with van der Waals surface area (Å²) in [6.45, 7) is 9.09. The quantitative estimate of drug-likeness (QED) is 0.151. The molecule has 0 amide bonds. The molecular weight excluding hydrogens is 561 g/mol. The number of Topliss-reactive ketones (excluding diaryl/α,β-unsaturated/α-hetero) is 1. The maximum Gasteiger partial charge on any atom is 0.183 e.